The van der Waals surface area contributed by atoms with Gasteiger partial charge in [0.1, 0.15) is 10.3 Å². The van der Waals surface area contributed by atoms with Crippen molar-refractivity contribution < 1.29 is 0 Å². The van der Waals surface area contributed by atoms with Crippen LogP contribution >= 0.6 is 34.5 Å². The molecular formula is C13H11Cl2N3S. The van der Waals surface area contributed by atoms with Gasteiger partial charge in [-0.3, -0.25) is 0 Å². The minimum Gasteiger partial charge on any atom is -0.216 e. The summed E-state index contributed by atoms with van der Waals surface area (Å²) in [5.41, 5.74) is 2.48. The zero-order valence-electron chi connectivity index (χ0n) is 10.4. The first-order valence-electron chi connectivity index (χ1n) is 5.86. The fourth-order valence-electron chi connectivity index (χ4n) is 2.03. The summed E-state index contributed by atoms with van der Waals surface area (Å²) in [6.45, 7) is 4.06. The highest BCUT2D eigenvalue weighted by molar-refractivity contribution is 7.13. The molecule has 19 heavy (non-hydrogen) atoms. The van der Waals surface area contributed by atoms with Crippen LogP contribution in [-0.4, -0.2) is 14.6 Å². The number of rotatable bonds is 2. The normalized spacial score (nSPS) is 11.6. The van der Waals surface area contributed by atoms with Crippen molar-refractivity contribution >= 4 is 40.2 Å². The van der Waals surface area contributed by atoms with Crippen molar-refractivity contribution in [3.63, 3.8) is 0 Å². The van der Waals surface area contributed by atoms with Crippen LogP contribution < -0.4 is 0 Å². The molecule has 3 aromatic rings. The van der Waals surface area contributed by atoms with Crippen LogP contribution in [0, 0.1) is 0 Å². The molecule has 0 spiro atoms. The molecule has 6 heteroatoms. The molecular weight excluding hydrogens is 301 g/mol. The molecule has 0 aliphatic heterocycles. The number of aromatic nitrogens is 3. The van der Waals surface area contributed by atoms with Crippen molar-refractivity contribution in [1.82, 2.24) is 14.6 Å². The van der Waals surface area contributed by atoms with E-state index in [0.717, 1.165) is 16.0 Å². The molecule has 3 aromatic heterocycles. The van der Waals surface area contributed by atoms with Crippen LogP contribution in [0.25, 0.3) is 16.1 Å². The minimum atomic E-state index is 0.200. The lowest BCUT2D eigenvalue weighted by Gasteiger charge is -2.11. The molecule has 0 radical (unpaired) electrons. The van der Waals surface area contributed by atoms with E-state index in [9.17, 15) is 0 Å². The zero-order valence-corrected chi connectivity index (χ0v) is 12.7. The van der Waals surface area contributed by atoms with Gasteiger partial charge in [0.2, 0.25) is 0 Å². The van der Waals surface area contributed by atoms with Gasteiger partial charge in [0.25, 0.3) is 0 Å². The molecule has 0 aromatic carbocycles. The van der Waals surface area contributed by atoms with Crippen LogP contribution in [0.1, 0.15) is 25.3 Å². The summed E-state index contributed by atoms with van der Waals surface area (Å²) in [6, 6.07) is 4.02. The first kappa shape index (κ1) is 12.9. The molecule has 0 aliphatic carbocycles. The van der Waals surface area contributed by atoms with E-state index < -0.39 is 0 Å². The van der Waals surface area contributed by atoms with E-state index in [1.807, 2.05) is 31.4 Å². The Morgan fingerprint density at radius 3 is 2.74 bits per heavy atom. The largest absolute Gasteiger partial charge is 0.216 e. The molecule has 0 fully saturated rings. The minimum absolute atomic E-state index is 0.200. The average molecular weight is 312 g/mol. The van der Waals surface area contributed by atoms with Crippen LogP contribution in [0.4, 0.5) is 0 Å². The highest BCUT2D eigenvalue weighted by atomic mass is 35.5. The lowest BCUT2D eigenvalue weighted by molar-refractivity contribution is 0.822. The average Bonchev–Trinajstić information content (AvgIpc) is 2.95. The third-order valence-corrected chi connectivity index (χ3v) is 4.50. The van der Waals surface area contributed by atoms with Crippen molar-refractivity contribution in [2.24, 2.45) is 0 Å². The van der Waals surface area contributed by atoms with E-state index in [2.05, 4.69) is 10.1 Å². The summed E-state index contributed by atoms with van der Waals surface area (Å²) in [5.74, 6) is 0.200. The zero-order chi connectivity index (χ0) is 13.6. The Balaban J connectivity index is 2.32. The maximum atomic E-state index is 6.40. The Bertz CT molecular complexity index is 732. The predicted molar refractivity (Wildman–Crippen MR) is 80.4 cm³/mol. The van der Waals surface area contributed by atoms with Crippen LogP contribution in [0.15, 0.2) is 23.7 Å². The van der Waals surface area contributed by atoms with Gasteiger partial charge in [-0.15, -0.1) is 11.3 Å². The number of halogens is 2. The summed E-state index contributed by atoms with van der Waals surface area (Å²) >= 11 is 14.3. The number of hydrogen-bond donors (Lipinski definition) is 0. The SMILES string of the molecule is CC(C)c1c(Cl)nc2c(-c3cccs3)cnn2c1Cl. The third-order valence-electron chi connectivity index (χ3n) is 2.94. The van der Waals surface area contributed by atoms with E-state index in [4.69, 9.17) is 23.2 Å². The number of nitrogens with zero attached hydrogens (tertiary/aromatic N) is 3. The Labute approximate surface area is 124 Å². The van der Waals surface area contributed by atoms with Gasteiger partial charge >= 0.3 is 0 Å². The fraction of sp³-hybridized carbons (Fsp3) is 0.231. The molecule has 0 saturated heterocycles. The molecule has 0 aliphatic rings. The lowest BCUT2D eigenvalue weighted by Crippen LogP contribution is -2.01. The van der Waals surface area contributed by atoms with Gasteiger partial charge in [0.05, 0.1) is 11.8 Å². The van der Waals surface area contributed by atoms with Crippen LogP contribution in [0.2, 0.25) is 10.3 Å². The molecule has 0 N–H and O–H groups in total. The number of thiophene rings is 1. The molecule has 3 rings (SSSR count). The second-order valence-electron chi connectivity index (χ2n) is 4.53. The number of fused-ring (bicyclic) bond motifs is 1. The third kappa shape index (κ3) is 2.04. The maximum absolute atomic E-state index is 6.40. The first-order valence-corrected chi connectivity index (χ1v) is 7.49. The van der Waals surface area contributed by atoms with Crippen LogP contribution in [0.5, 0.6) is 0 Å². The Kier molecular flexibility index (Phi) is 3.25. The van der Waals surface area contributed by atoms with Gasteiger partial charge in [-0.25, -0.2) is 9.50 Å². The highest BCUT2D eigenvalue weighted by Gasteiger charge is 2.19. The lowest BCUT2D eigenvalue weighted by atomic mass is 10.1. The molecule has 3 heterocycles. The van der Waals surface area contributed by atoms with E-state index in [0.29, 0.717) is 16.0 Å². The quantitative estimate of drug-likeness (QED) is 0.631. The standard InChI is InChI=1S/C13H11Cl2N3S/c1-7(2)10-11(14)17-13-8(9-4-3-5-19-9)6-16-18(13)12(10)15/h3-7H,1-2H3. The smallest absolute Gasteiger partial charge is 0.167 e. The summed E-state index contributed by atoms with van der Waals surface area (Å²) < 4.78 is 1.65. The Morgan fingerprint density at radius 2 is 2.11 bits per heavy atom. The topological polar surface area (TPSA) is 30.2 Å². The Hall–Kier alpha value is -1.10. The van der Waals surface area contributed by atoms with Gasteiger partial charge in [-0.1, -0.05) is 43.1 Å². The van der Waals surface area contributed by atoms with Crippen molar-refractivity contribution in [2.45, 2.75) is 19.8 Å². The second-order valence-corrected chi connectivity index (χ2v) is 6.20. The van der Waals surface area contributed by atoms with Gasteiger partial charge in [-0.05, 0) is 17.4 Å². The Morgan fingerprint density at radius 1 is 1.32 bits per heavy atom. The van der Waals surface area contributed by atoms with E-state index in [-0.39, 0.29) is 5.92 Å². The fourth-order valence-corrected chi connectivity index (χ4v) is 3.63. The van der Waals surface area contributed by atoms with E-state index in [1.54, 1.807) is 22.0 Å². The van der Waals surface area contributed by atoms with Gasteiger partial charge in [0, 0.05) is 10.4 Å². The predicted octanol–water partition coefficient (Wildman–Crippen LogP) is 4.89. The monoisotopic (exact) mass is 311 g/mol. The van der Waals surface area contributed by atoms with Crippen LogP contribution in [-0.2, 0) is 0 Å². The molecule has 0 unspecified atom stereocenters. The van der Waals surface area contributed by atoms with E-state index >= 15 is 0 Å². The molecule has 98 valence electrons. The van der Waals surface area contributed by atoms with Gasteiger partial charge in [0.15, 0.2) is 5.65 Å². The van der Waals surface area contributed by atoms with Crippen molar-refractivity contribution in [3.8, 4) is 10.4 Å². The van der Waals surface area contributed by atoms with Crippen molar-refractivity contribution in [3.05, 3.63) is 39.6 Å². The summed E-state index contributed by atoms with van der Waals surface area (Å²) in [5, 5.41) is 7.33. The van der Waals surface area contributed by atoms with Gasteiger partial charge in [-0.2, -0.15) is 5.10 Å². The van der Waals surface area contributed by atoms with Crippen molar-refractivity contribution in [2.75, 3.05) is 0 Å². The van der Waals surface area contributed by atoms with Crippen LogP contribution in [0.3, 0.4) is 0 Å². The second kappa shape index (κ2) is 4.78. The molecule has 0 amide bonds. The van der Waals surface area contributed by atoms with E-state index in [1.165, 1.54) is 0 Å². The molecule has 0 atom stereocenters. The first-order chi connectivity index (χ1) is 9.09. The number of hydrogen-bond acceptors (Lipinski definition) is 3. The molecule has 3 nitrogen and oxygen atoms in total. The summed E-state index contributed by atoms with van der Waals surface area (Å²) in [7, 11) is 0. The highest BCUT2D eigenvalue weighted by Crippen LogP contribution is 2.34. The molecule has 0 bridgehead atoms. The van der Waals surface area contributed by atoms with Gasteiger partial charge < -0.3 is 0 Å². The summed E-state index contributed by atoms with van der Waals surface area (Å²) in [6.07, 6.45) is 1.78. The molecule has 0 saturated carbocycles. The summed E-state index contributed by atoms with van der Waals surface area (Å²) in [4.78, 5) is 5.57. The maximum Gasteiger partial charge on any atom is 0.167 e. The van der Waals surface area contributed by atoms with Crippen molar-refractivity contribution in [1.29, 1.82) is 0 Å².